The van der Waals surface area contributed by atoms with E-state index < -0.39 is 0 Å². The minimum absolute atomic E-state index is 0.0950. The van der Waals surface area contributed by atoms with Crippen molar-refractivity contribution in [2.24, 2.45) is 0 Å². The lowest BCUT2D eigenvalue weighted by molar-refractivity contribution is 0.587. The van der Waals surface area contributed by atoms with Gasteiger partial charge in [-0.15, -0.1) is 0 Å². The van der Waals surface area contributed by atoms with E-state index in [2.05, 4.69) is 60.2 Å². The maximum absolute atomic E-state index is 5.13. The average molecular weight is 339 g/mol. The number of rotatable bonds is 4. The van der Waals surface area contributed by atoms with Crippen LogP contribution in [0.4, 0.5) is 0 Å². The van der Waals surface area contributed by atoms with Gasteiger partial charge in [-0.3, -0.25) is 0 Å². The Kier molecular flexibility index (Phi) is 7.03. The maximum Gasteiger partial charge on any atom is 0.166 e. The highest BCUT2D eigenvalue weighted by atomic mass is 32.1. The van der Waals surface area contributed by atoms with E-state index in [1.807, 2.05) is 14.1 Å². The van der Waals surface area contributed by atoms with E-state index in [1.54, 1.807) is 0 Å². The van der Waals surface area contributed by atoms with Gasteiger partial charge in [0.05, 0.1) is 0 Å². The minimum Gasteiger partial charge on any atom is -0.366 e. The molecule has 22 heavy (non-hydrogen) atoms. The fraction of sp³-hybridized carbons (Fsp3) is 0.500. The highest BCUT2D eigenvalue weighted by Crippen LogP contribution is 2.24. The summed E-state index contributed by atoms with van der Waals surface area (Å²) in [5.74, 6) is 0. The first-order valence-corrected chi connectivity index (χ1v) is 8.12. The Balaban J connectivity index is 2.95. The first-order valence-electron chi connectivity index (χ1n) is 7.30. The first kappa shape index (κ1) is 18.6. The van der Waals surface area contributed by atoms with Gasteiger partial charge in [0.25, 0.3) is 0 Å². The molecule has 0 saturated carbocycles. The van der Waals surface area contributed by atoms with Crippen molar-refractivity contribution in [3.63, 3.8) is 0 Å². The van der Waals surface area contributed by atoms with Crippen molar-refractivity contribution < 1.29 is 0 Å². The predicted octanol–water partition coefficient (Wildman–Crippen LogP) is 2.17. The molecule has 6 heteroatoms. The number of nitrogens with one attached hydrogen (secondary N) is 4. The molecule has 0 saturated heterocycles. The normalized spacial score (nSPS) is 10.8. The van der Waals surface area contributed by atoms with Crippen LogP contribution < -0.4 is 21.3 Å². The van der Waals surface area contributed by atoms with Gasteiger partial charge in [0, 0.05) is 27.2 Å². The van der Waals surface area contributed by atoms with E-state index in [0.717, 1.165) is 0 Å². The largest absolute Gasteiger partial charge is 0.366 e. The van der Waals surface area contributed by atoms with Gasteiger partial charge in [0.2, 0.25) is 0 Å². The van der Waals surface area contributed by atoms with Crippen LogP contribution in [0.3, 0.4) is 0 Å². The van der Waals surface area contributed by atoms with E-state index in [0.29, 0.717) is 23.3 Å². The number of thiocarbonyl (C=S) groups is 2. The monoisotopic (exact) mass is 338 g/mol. The van der Waals surface area contributed by atoms with Gasteiger partial charge < -0.3 is 21.3 Å². The van der Waals surface area contributed by atoms with Crippen molar-refractivity contribution in [1.29, 1.82) is 0 Å². The van der Waals surface area contributed by atoms with Crippen LogP contribution in [0.15, 0.2) is 18.2 Å². The zero-order valence-electron chi connectivity index (χ0n) is 14.0. The molecular weight excluding hydrogens is 312 g/mol. The van der Waals surface area contributed by atoms with Crippen LogP contribution in [0.25, 0.3) is 0 Å². The van der Waals surface area contributed by atoms with Gasteiger partial charge in [-0.05, 0) is 46.5 Å². The molecule has 122 valence electrons. The third-order valence-electron chi connectivity index (χ3n) is 3.28. The quantitative estimate of drug-likeness (QED) is 0.631. The van der Waals surface area contributed by atoms with Gasteiger partial charge in [-0.1, -0.05) is 39.0 Å². The zero-order valence-corrected chi connectivity index (χ0v) is 15.6. The lowest BCUT2D eigenvalue weighted by Crippen LogP contribution is -2.32. The first-order chi connectivity index (χ1) is 10.3. The van der Waals surface area contributed by atoms with Crippen molar-refractivity contribution in [1.82, 2.24) is 21.3 Å². The minimum atomic E-state index is 0.0950. The summed E-state index contributed by atoms with van der Waals surface area (Å²) in [7, 11) is 3.63. The number of hydrogen-bond acceptors (Lipinski definition) is 2. The average Bonchev–Trinajstić information content (AvgIpc) is 2.49. The fourth-order valence-corrected chi connectivity index (χ4v) is 2.09. The molecule has 4 nitrogen and oxygen atoms in total. The summed E-state index contributed by atoms with van der Waals surface area (Å²) < 4.78 is 0. The van der Waals surface area contributed by atoms with Crippen molar-refractivity contribution in [2.45, 2.75) is 39.3 Å². The molecule has 0 aromatic heterocycles. The van der Waals surface area contributed by atoms with Crippen LogP contribution in [0.5, 0.6) is 0 Å². The van der Waals surface area contributed by atoms with E-state index >= 15 is 0 Å². The summed E-state index contributed by atoms with van der Waals surface area (Å²) in [5.41, 5.74) is 3.81. The maximum atomic E-state index is 5.13. The number of hydrogen-bond donors (Lipinski definition) is 4. The van der Waals surface area contributed by atoms with Crippen molar-refractivity contribution >= 4 is 34.7 Å². The van der Waals surface area contributed by atoms with E-state index in [9.17, 15) is 0 Å². The third-order valence-corrected chi connectivity index (χ3v) is 3.98. The molecule has 0 bridgehead atoms. The summed E-state index contributed by atoms with van der Waals surface area (Å²) in [4.78, 5) is 0. The summed E-state index contributed by atoms with van der Waals surface area (Å²) in [6, 6.07) is 6.63. The predicted molar refractivity (Wildman–Crippen MR) is 102 cm³/mol. The molecule has 0 atom stereocenters. The second-order valence-electron chi connectivity index (χ2n) is 6.15. The van der Waals surface area contributed by atoms with Crippen LogP contribution in [0, 0.1) is 0 Å². The Bertz CT molecular complexity index is 497. The molecule has 1 rings (SSSR count). The van der Waals surface area contributed by atoms with Gasteiger partial charge in [0.1, 0.15) is 0 Å². The van der Waals surface area contributed by atoms with Crippen LogP contribution in [-0.2, 0) is 18.5 Å². The molecule has 0 aliphatic heterocycles. The molecule has 0 radical (unpaired) electrons. The molecule has 1 aromatic carbocycles. The Morgan fingerprint density at radius 1 is 0.864 bits per heavy atom. The van der Waals surface area contributed by atoms with Crippen molar-refractivity contribution in [3.05, 3.63) is 34.9 Å². The Morgan fingerprint density at radius 3 is 1.59 bits per heavy atom. The van der Waals surface area contributed by atoms with Crippen LogP contribution in [0.2, 0.25) is 0 Å². The molecule has 0 aliphatic carbocycles. The van der Waals surface area contributed by atoms with Gasteiger partial charge in [0.15, 0.2) is 10.2 Å². The standard InChI is InChI=1S/C16H26N4S2/c1-16(2,3)13-7-11(9-19-14(21)17-4)6-12(8-13)10-20-15(22)18-5/h6-8H,9-10H2,1-5H3,(H2,17,19,21)(H2,18,20,22). The molecule has 0 amide bonds. The number of benzene rings is 1. The van der Waals surface area contributed by atoms with Crippen LogP contribution in [0.1, 0.15) is 37.5 Å². The molecule has 0 fully saturated rings. The van der Waals surface area contributed by atoms with Crippen LogP contribution >= 0.6 is 24.4 Å². The van der Waals surface area contributed by atoms with Crippen molar-refractivity contribution in [3.8, 4) is 0 Å². The van der Waals surface area contributed by atoms with E-state index in [-0.39, 0.29) is 5.41 Å². The topological polar surface area (TPSA) is 48.1 Å². The Labute approximate surface area is 144 Å². The Morgan fingerprint density at radius 2 is 1.27 bits per heavy atom. The van der Waals surface area contributed by atoms with Crippen molar-refractivity contribution in [2.75, 3.05) is 14.1 Å². The highest BCUT2D eigenvalue weighted by Gasteiger charge is 2.15. The fourth-order valence-electron chi connectivity index (χ4n) is 1.94. The van der Waals surface area contributed by atoms with Gasteiger partial charge >= 0.3 is 0 Å². The second kappa shape index (κ2) is 8.29. The SMILES string of the molecule is CNC(=S)NCc1cc(CNC(=S)NC)cc(C(C)(C)C)c1. The smallest absolute Gasteiger partial charge is 0.166 e. The summed E-state index contributed by atoms with van der Waals surface area (Å²) >= 11 is 10.3. The van der Waals surface area contributed by atoms with Gasteiger partial charge in [-0.2, -0.15) is 0 Å². The molecule has 1 aromatic rings. The van der Waals surface area contributed by atoms with E-state index in [1.165, 1.54) is 16.7 Å². The zero-order chi connectivity index (χ0) is 16.8. The molecule has 0 spiro atoms. The molecule has 0 aliphatic rings. The lowest BCUT2D eigenvalue weighted by Gasteiger charge is -2.22. The summed E-state index contributed by atoms with van der Waals surface area (Å²) in [6.45, 7) is 8.05. The van der Waals surface area contributed by atoms with Gasteiger partial charge in [-0.25, -0.2) is 0 Å². The highest BCUT2D eigenvalue weighted by molar-refractivity contribution is 7.80. The molecule has 4 N–H and O–H groups in total. The molecular formula is C16H26N4S2. The third kappa shape index (κ3) is 6.15. The summed E-state index contributed by atoms with van der Waals surface area (Å²) in [6.07, 6.45) is 0. The summed E-state index contributed by atoms with van der Waals surface area (Å²) in [5, 5.41) is 13.5. The van der Waals surface area contributed by atoms with E-state index in [4.69, 9.17) is 24.4 Å². The lowest BCUT2D eigenvalue weighted by atomic mass is 9.85. The molecule has 0 heterocycles. The second-order valence-corrected chi connectivity index (χ2v) is 6.97. The Hall–Kier alpha value is -1.40. The van der Waals surface area contributed by atoms with Crippen LogP contribution in [-0.4, -0.2) is 24.3 Å². The molecule has 0 unspecified atom stereocenters.